The second-order valence-electron chi connectivity index (χ2n) is 6.97. The highest BCUT2D eigenvalue weighted by Gasteiger charge is 2.32. The third-order valence-corrected chi connectivity index (χ3v) is 5.84. The van der Waals surface area contributed by atoms with Gasteiger partial charge in [0.1, 0.15) is 17.9 Å². The summed E-state index contributed by atoms with van der Waals surface area (Å²) in [5.41, 5.74) is 1.83. The van der Waals surface area contributed by atoms with Gasteiger partial charge in [-0.15, -0.1) is 0 Å². The van der Waals surface area contributed by atoms with E-state index in [1.165, 1.54) is 4.90 Å². The number of nitrogens with zero attached hydrogens (tertiary/aromatic N) is 2. The highest BCUT2D eigenvalue weighted by atomic mass is 79.9. The summed E-state index contributed by atoms with van der Waals surface area (Å²) in [4.78, 5) is 26.6. The second-order valence-corrected chi connectivity index (χ2v) is 8.27. The molecule has 8 heteroatoms. The summed E-state index contributed by atoms with van der Waals surface area (Å²) in [5.74, 6) is -0.0632. The normalized spacial score (nSPS) is 15.6. The van der Waals surface area contributed by atoms with Gasteiger partial charge in [-0.2, -0.15) is 0 Å². The highest BCUT2D eigenvalue weighted by molar-refractivity contribution is 9.10. The quantitative estimate of drug-likeness (QED) is 0.316. The molecular weight excluding hydrogens is 478 g/mol. The summed E-state index contributed by atoms with van der Waals surface area (Å²) in [6.07, 6.45) is 3.56. The van der Waals surface area contributed by atoms with E-state index in [4.69, 9.17) is 17.0 Å². The Labute approximate surface area is 193 Å². The number of halogens is 1. The number of fused-ring (bicyclic) bond motifs is 1. The predicted molar refractivity (Wildman–Crippen MR) is 128 cm³/mol. The maximum Gasteiger partial charge on any atom is 0.265 e. The van der Waals surface area contributed by atoms with Gasteiger partial charge in [0.25, 0.3) is 11.8 Å². The van der Waals surface area contributed by atoms with Crippen LogP contribution in [-0.4, -0.2) is 39.5 Å². The first kappa shape index (κ1) is 21.3. The van der Waals surface area contributed by atoms with Gasteiger partial charge in [-0.05, 0) is 55.5 Å². The van der Waals surface area contributed by atoms with Gasteiger partial charge in [0, 0.05) is 33.7 Å². The number of ether oxygens (including phenoxy) is 1. The van der Waals surface area contributed by atoms with E-state index in [0.29, 0.717) is 19.7 Å². The molecule has 0 aliphatic carbocycles. The predicted octanol–water partition coefficient (Wildman–Crippen LogP) is 4.13. The van der Waals surface area contributed by atoms with E-state index in [2.05, 4.69) is 25.8 Å². The molecule has 4 rings (SSSR count). The molecule has 31 heavy (non-hydrogen) atoms. The standard InChI is InChI=1S/C23H20BrN3O3S/c1-2-27-22(29)19(21(28)25-23(27)31)12-15-14-26(20-9-8-16(24)13-18(15)20)10-11-30-17-6-4-3-5-7-17/h3-9,12-14H,2,10-11H2,1H3,(H,25,28,31)/b19-12+. The lowest BCUT2D eigenvalue weighted by Gasteiger charge is -2.27. The van der Waals surface area contributed by atoms with E-state index < -0.39 is 5.91 Å². The van der Waals surface area contributed by atoms with Gasteiger partial charge in [-0.3, -0.25) is 19.8 Å². The second kappa shape index (κ2) is 9.03. The Balaban J connectivity index is 1.67. The maximum absolute atomic E-state index is 12.8. The minimum atomic E-state index is -0.483. The number of rotatable bonds is 6. The van der Waals surface area contributed by atoms with Crippen LogP contribution in [0.1, 0.15) is 12.5 Å². The molecule has 0 atom stereocenters. The molecule has 1 saturated heterocycles. The fourth-order valence-corrected chi connectivity index (χ4v) is 4.18. The molecule has 3 aromatic rings. The molecule has 2 aromatic carbocycles. The minimum Gasteiger partial charge on any atom is -0.492 e. The van der Waals surface area contributed by atoms with Crippen LogP contribution in [0.5, 0.6) is 5.75 Å². The van der Waals surface area contributed by atoms with Crippen LogP contribution in [0.15, 0.2) is 64.8 Å². The number of aromatic nitrogens is 1. The van der Waals surface area contributed by atoms with E-state index in [-0.39, 0.29) is 16.6 Å². The van der Waals surface area contributed by atoms with Crippen molar-refractivity contribution in [1.29, 1.82) is 0 Å². The highest BCUT2D eigenvalue weighted by Crippen LogP contribution is 2.28. The van der Waals surface area contributed by atoms with Crippen LogP contribution in [-0.2, 0) is 16.1 Å². The van der Waals surface area contributed by atoms with Crippen LogP contribution >= 0.6 is 28.1 Å². The van der Waals surface area contributed by atoms with Gasteiger partial charge in [0.2, 0.25) is 0 Å². The zero-order valence-corrected chi connectivity index (χ0v) is 19.2. The Kier molecular flexibility index (Phi) is 6.20. The Hall–Kier alpha value is -2.97. The largest absolute Gasteiger partial charge is 0.492 e. The van der Waals surface area contributed by atoms with Crippen molar-refractivity contribution in [2.45, 2.75) is 13.5 Å². The van der Waals surface area contributed by atoms with Crippen LogP contribution < -0.4 is 10.1 Å². The number of likely N-dealkylation sites (N-methyl/N-ethyl adjacent to an activating group) is 1. The molecule has 0 radical (unpaired) electrons. The fraction of sp³-hybridized carbons (Fsp3) is 0.174. The molecule has 1 aromatic heterocycles. The van der Waals surface area contributed by atoms with Crippen molar-refractivity contribution in [2.75, 3.05) is 13.2 Å². The number of hydrogen-bond acceptors (Lipinski definition) is 4. The molecule has 1 N–H and O–H groups in total. The first-order valence-electron chi connectivity index (χ1n) is 9.83. The Morgan fingerprint density at radius 1 is 1.16 bits per heavy atom. The number of carbonyl (C=O) groups excluding carboxylic acids is 2. The van der Waals surface area contributed by atoms with Gasteiger partial charge >= 0.3 is 0 Å². The molecule has 6 nitrogen and oxygen atoms in total. The molecule has 158 valence electrons. The van der Waals surface area contributed by atoms with Crippen molar-refractivity contribution in [3.63, 3.8) is 0 Å². The number of amides is 2. The van der Waals surface area contributed by atoms with Crippen molar-refractivity contribution < 1.29 is 14.3 Å². The van der Waals surface area contributed by atoms with Gasteiger partial charge in [-0.1, -0.05) is 34.1 Å². The van der Waals surface area contributed by atoms with E-state index in [1.807, 2.05) is 61.7 Å². The molecule has 2 heterocycles. The van der Waals surface area contributed by atoms with Crippen LogP contribution in [0.4, 0.5) is 0 Å². The van der Waals surface area contributed by atoms with Gasteiger partial charge in [-0.25, -0.2) is 0 Å². The Morgan fingerprint density at radius 3 is 2.68 bits per heavy atom. The van der Waals surface area contributed by atoms with Crippen molar-refractivity contribution in [3.05, 3.63) is 70.3 Å². The lowest BCUT2D eigenvalue weighted by molar-refractivity contribution is -0.128. The molecule has 0 unspecified atom stereocenters. The molecule has 0 saturated carbocycles. The number of thiocarbonyl (C=S) groups is 1. The van der Waals surface area contributed by atoms with E-state index in [9.17, 15) is 9.59 Å². The van der Waals surface area contributed by atoms with E-state index in [1.54, 1.807) is 6.08 Å². The van der Waals surface area contributed by atoms with Crippen molar-refractivity contribution in [2.24, 2.45) is 0 Å². The average molecular weight is 498 g/mol. The van der Waals surface area contributed by atoms with Crippen molar-refractivity contribution >= 4 is 62.1 Å². The number of para-hydroxylation sites is 1. The third-order valence-electron chi connectivity index (χ3n) is 5.02. The summed E-state index contributed by atoms with van der Waals surface area (Å²) < 4.78 is 8.80. The first-order valence-corrected chi connectivity index (χ1v) is 11.0. The van der Waals surface area contributed by atoms with Gasteiger partial charge < -0.3 is 9.30 Å². The summed E-state index contributed by atoms with van der Waals surface area (Å²) in [6, 6.07) is 15.6. The topological polar surface area (TPSA) is 63.6 Å². The van der Waals surface area contributed by atoms with Crippen LogP contribution in [0.3, 0.4) is 0 Å². The van der Waals surface area contributed by atoms with E-state index >= 15 is 0 Å². The maximum atomic E-state index is 12.8. The minimum absolute atomic E-state index is 0.0648. The molecule has 1 aliphatic rings. The zero-order valence-electron chi connectivity index (χ0n) is 16.8. The van der Waals surface area contributed by atoms with Crippen LogP contribution in [0.2, 0.25) is 0 Å². The number of hydrogen-bond donors (Lipinski definition) is 1. The van der Waals surface area contributed by atoms with Gasteiger partial charge in [0.05, 0.1) is 6.54 Å². The number of benzene rings is 2. The lowest BCUT2D eigenvalue weighted by atomic mass is 10.1. The molecule has 0 bridgehead atoms. The summed E-state index contributed by atoms with van der Waals surface area (Å²) >= 11 is 8.62. The molecule has 1 aliphatic heterocycles. The first-order chi connectivity index (χ1) is 15.0. The monoisotopic (exact) mass is 497 g/mol. The number of carbonyl (C=O) groups is 2. The molecule has 2 amide bonds. The van der Waals surface area contributed by atoms with Gasteiger partial charge in [0.15, 0.2) is 5.11 Å². The fourth-order valence-electron chi connectivity index (χ4n) is 3.51. The smallest absolute Gasteiger partial charge is 0.265 e. The molecular formula is C23H20BrN3O3S. The van der Waals surface area contributed by atoms with E-state index in [0.717, 1.165) is 26.7 Å². The molecule has 0 spiro atoms. The van der Waals surface area contributed by atoms with Crippen LogP contribution in [0.25, 0.3) is 17.0 Å². The number of nitrogens with one attached hydrogen (secondary N) is 1. The summed E-state index contributed by atoms with van der Waals surface area (Å²) in [7, 11) is 0. The third kappa shape index (κ3) is 4.40. The average Bonchev–Trinajstić information content (AvgIpc) is 3.08. The zero-order chi connectivity index (χ0) is 22.0. The van der Waals surface area contributed by atoms with Crippen molar-refractivity contribution in [1.82, 2.24) is 14.8 Å². The Morgan fingerprint density at radius 2 is 1.94 bits per heavy atom. The SMILES string of the molecule is CCN1C(=O)/C(=C/c2cn(CCOc3ccccc3)c3ccc(Br)cc23)C(=O)NC1=S. The lowest BCUT2D eigenvalue weighted by Crippen LogP contribution is -2.53. The van der Waals surface area contributed by atoms with Crippen LogP contribution in [0, 0.1) is 0 Å². The van der Waals surface area contributed by atoms with Crippen molar-refractivity contribution in [3.8, 4) is 5.75 Å². The molecule has 1 fully saturated rings. The summed E-state index contributed by atoms with van der Waals surface area (Å²) in [6.45, 7) is 3.30. The summed E-state index contributed by atoms with van der Waals surface area (Å²) in [5, 5.41) is 3.66. The Bertz CT molecular complexity index is 1200.